The normalized spacial score (nSPS) is 11.9. The highest BCUT2D eigenvalue weighted by Gasteiger charge is 2.28. The van der Waals surface area contributed by atoms with Gasteiger partial charge in [-0.05, 0) is 49.1 Å². The van der Waals surface area contributed by atoms with Gasteiger partial charge < -0.3 is 10.2 Å². The van der Waals surface area contributed by atoms with Gasteiger partial charge in [0.1, 0.15) is 6.04 Å². The van der Waals surface area contributed by atoms with Gasteiger partial charge in [0, 0.05) is 23.0 Å². The molecule has 2 aromatic rings. The molecule has 0 aliphatic rings. The van der Waals surface area contributed by atoms with Gasteiger partial charge in [-0.25, -0.2) is 0 Å². The third-order valence-electron chi connectivity index (χ3n) is 4.72. The van der Waals surface area contributed by atoms with Crippen LogP contribution >= 0.6 is 23.4 Å². The number of rotatable bonds is 10. The zero-order chi connectivity index (χ0) is 22.1. The summed E-state index contributed by atoms with van der Waals surface area (Å²) in [6.45, 7) is 9.10. The quantitative estimate of drug-likeness (QED) is 0.502. The Morgan fingerprint density at radius 3 is 2.27 bits per heavy atom. The molecule has 0 aliphatic heterocycles. The van der Waals surface area contributed by atoms with E-state index in [4.69, 9.17) is 11.6 Å². The van der Waals surface area contributed by atoms with E-state index in [0.29, 0.717) is 30.5 Å². The Morgan fingerprint density at radius 1 is 1.07 bits per heavy atom. The van der Waals surface area contributed by atoms with Gasteiger partial charge in [-0.3, -0.25) is 9.59 Å². The van der Waals surface area contributed by atoms with E-state index in [1.807, 2.05) is 62.4 Å². The second-order valence-corrected chi connectivity index (χ2v) is 9.30. The second kappa shape index (κ2) is 12.0. The molecule has 1 unspecified atom stereocenters. The number of carbonyl (C=O) groups is 2. The highest BCUT2D eigenvalue weighted by molar-refractivity contribution is 8.00. The first-order chi connectivity index (χ1) is 14.3. The Hall–Kier alpha value is -1.98. The average Bonchev–Trinajstić information content (AvgIpc) is 2.72. The monoisotopic (exact) mass is 446 g/mol. The predicted molar refractivity (Wildman–Crippen MR) is 126 cm³/mol. The van der Waals surface area contributed by atoms with Crippen LogP contribution in [0.2, 0.25) is 5.02 Å². The van der Waals surface area contributed by atoms with Gasteiger partial charge in [-0.2, -0.15) is 0 Å². The van der Waals surface area contributed by atoms with Crippen LogP contribution in [0, 0.1) is 12.8 Å². The third kappa shape index (κ3) is 7.69. The van der Waals surface area contributed by atoms with E-state index in [0.717, 1.165) is 16.0 Å². The molecule has 2 amide bonds. The van der Waals surface area contributed by atoms with Crippen molar-refractivity contribution in [2.75, 3.05) is 12.3 Å². The summed E-state index contributed by atoms with van der Waals surface area (Å²) in [6.07, 6.45) is 0.563. The van der Waals surface area contributed by atoms with E-state index < -0.39 is 6.04 Å². The number of amides is 2. The third-order valence-corrected chi connectivity index (χ3v) is 5.97. The van der Waals surface area contributed by atoms with Crippen molar-refractivity contribution in [1.29, 1.82) is 0 Å². The Labute approximate surface area is 189 Å². The smallest absolute Gasteiger partial charge is 0.242 e. The van der Waals surface area contributed by atoms with Crippen molar-refractivity contribution in [1.82, 2.24) is 10.2 Å². The Morgan fingerprint density at radius 2 is 1.70 bits per heavy atom. The van der Waals surface area contributed by atoms with Gasteiger partial charge >= 0.3 is 0 Å². The van der Waals surface area contributed by atoms with E-state index in [1.54, 1.807) is 4.90 Å². The van der Waals surface area contributed by atoms with Crippen LogP contribution in [0.15, 0.2) is 53.4 Å². The summed E-state index contributed by atoms with van der Waals surface area (Å²) in [5.74, 6) is 0.472. The number of halogens is 1. The van der Waals surface area contributed by atoms with E-state index in [1.165, 1.54) is 11.8 Å². The fourth-order valence-corrected chi connectivity index (χ4v) is 3.90. The molecule has 1 atom stereocenters. The van der Waals surface area contributed by atoms with E-state index in [9.17, 15) is 9.59 Å². The van der Waals surface area contributed by atoms with E-state index in [2.05, 4.69) is 19.2 Å². The SMILES string of the molecule is CCC(C(=O)NCC(C)C)N(Cc1ccc(C)cc1)C(=O)CSc1ccc(Cl)cc1. The summed E-state index contributed by atoms with van der Waals surface area (Å²) < 4.78 is 0. The molecule has 1 N–H and O–H groups in total. The van der Waals surface area contributed by atoms with Crippen LogP contribution in [0.25, 0.3) is 0 Å². The lowest BCUT2D eigenvalue weighted by molar-refractivity contribution is -0.139. The number of benzene rings is 2. The molecular formula is C24H31ClN2O2S. The molecule has 6 heteroatoms. The molecule has 2 rings (SSSR count). The van der Waals surface area contributed by atoms with Gasteiger partial charge in [0.25, 0.3) is 0 Å². The Bertz CT molecular complexity index is 822. The summed E-state index contributed by atoms with van der Waals surface area (Å²) in [7, 11) is 0. The molecule has 30 heavy (non-hydrogen) atoms. The minimum absolute atomic E-state index is 0.0536. The standard InChI is InChI=1S/C24H31ClN2O2S/c1-5-22(24(29)26-14-17(2)3)27(15-19-8-6-18(4)7-9-19)23(28)16-30-21-12-10-20(25)11-13-21/h6-13,17,22H,5,14-16H2,1-4H3,(H,26,29). The topological polar surface area (TPSA) is 49.4 Å². The summed E-state index contributed by atoms with van der Waals surface area (Å²) in [6, 6.07) is 15.0. The molecule has 0 spiro atoms. The van der Waals surface area contributed by atoms with E-state index in [-0.39, 0.29) is 17.6 Å². The van der Waals surface area contributed by atoms with Crippen molar-refractivity contribution in [3.8, 4) is 0 Å². The minimum atomic E-state index is -0.497. The van der Waals surface area contributed by atoms with Crippen LogP contribution < -0.4 is 5.32 Å². The number of thioether (sulfide) groups is 1. The molecule has 0 fully saturated rings. The zero-order valence-corrected chi connectivity index (χ0v) is 19.7. The fraction of sp³-hybridized carbons (Fsp3) is 0.417. The van der Waals surface area contributed by atoms with Crippen molar-refractivity contribution < 1.29 is 9.59 Å². The lowest BCUT2D eigenvalue weighted by Crippen LogP contribution is -2.50. The van der Waals surface area contributed by atoms with Crippen molar-refractivity contribution in [2.45, 2.75) is 51.6 Å². The van der Waals surface area contributed by atoms with Crippen LogP contribution in [0.5, 0.6) is 0 Å². The summed E-state index contributed by atoms with van der Waals surface area (Å²) in [5, 5.41) is 3.66. The zero-order valence-electron chi connectivity index (χ0n) is 18.2. The van der Waals surface area contributed by atoms with Crippen molar-refractivity contribution in [3.63, 3.8) is 0 Å². The van der Waals surface area contributed by atoms with Crippen LogP contribution in [-0.2, 0) is 16.1 Å². The number of hydrogen-bond donors (Lipinski definition) is 1. The highest BCUT2D eigenvalue weighted by Crippen LogP contribution is 2.22. The molecule has 0 radical (unpaired) electrons. The van der Waals surface area contributed by atoms with Crippen LogP contribution in [0.1, 0.15) is 38.3 Å². The van der Waals surface area contributed by atoms with Crippen LogP contribution in [-0.4, -0.2) is 35.1 Å². The van der Waals surface area contributed by atoms with Gasteiger partial charge in [-0.1, -0.05) is 62.2 Å². The van der Waals surface area contributed by atoms with Crippen molar-refractivity contribution in [3.05, 3.63) is 64.7 Å². The first-order valence-electron chi connectivity index (χ1n) is 10.3. The maximum atomic E-state index is 13.2. The average molecular weight is 447 g/mol. The maximum absolute atomic E-state index is 13.2. The highest BCUT2D eigenvalue weighted by atomic mass is 35.5. The van der Waals surface area contributed by atoms with Crippen molar-refractivity contribution >= 4 is 35.2 Å². The molecule has 4 nitrogen and oxygen atoms in total. The molecule has 0 saturated carbocycles. The van der Waals surface area contributed by atoms with Gasteiger partial charge in [0.2, 0.25) is 11.8 Å². The molecule has 0 aliphatic carbocycles. The number of nitrogens with zero attached hydrogens (tertiary/aromatic N) is 1. The van der Waals surface area contributed by atoms with E-state index >= 15 is 0 Å². The Balaban J connectivity index is 2.17. The van der Waals surface area contributed by atoms with Crippen molar-refractivity contribution in [2.24, 2.45) is 5.92 Å². The number of aryl methyl sites for hydroxylation is 1. The van der Waals surface area contributed by atoms with Gasteiger partial charge in [0.15, 0.2) is 0 Å². The summed E-state index contributed by atoms with van der Waals surface area (Å²) >= 11 is 7.40. The number of hydrogen-bond acceptors (Lipinski definition) is 3. The number of carbonyl (C=O) groups excluding carboxylic acids is 2. The molecule has 0 bridgehead atoms. The summed E-state index contributed by atoms with van der Waals surface area (Å²) in [5.41, 5.74) is 2.18. The largest absolute Gasteiger partial charge is 0.354 e. The molecular weight excluding hydrogens is 416 g/mol. The second-order valence-electron chi connectivity index (χ2n) is 7.81. The fourth-order valence-electron chi connectivity index (χ4n) is 2.99. The Kier molecular flexibility index (Phi) is 9.73. The first kappa shape index (κ1) is 24.3. The summed E-state index contributed by atoms with van der Waals surface area (Å²) in [4.78, 5) is 28.7. The number of nitrogens with one attached hydrogen (secondary N) is 1. The first-order valence-corrected chi connectivity index (χ1v) is 11.7. The van der Waals surface area contributed by atoms with Crippen LogP contribution in [0.3, 0.4) is 0 Å². The minimum Gasteiger partial charge on any atom is -0.354 e. The lowest BCUT2D eigenvalue weighted by atomic mass is 10.1. The maximum Gasteiger partial charge on any atom is 0.242 e. The molecule has 0 aromatic heterocycles. The molecule has 0 saturated heterocycles. The molecule has 0 heterocycles. The predicted octanol–water partition coefficient (Wildman–Crippen LogP) is 5.32. The molecule has 2 aromatic carbocycles. The van der Waals surface area contributed by atoms with Gasteiger partial charge in [-0.15, -0.1) is 11.8 Å². The lowest BCUT2D eigenvalue weighted by Gasteiger charge is -2.31. The van der Waals surface area contributed by atoms with Gasteiger partial charge in [0.05, 0.1) is 5.75 Å². The van der Waals surface area contributed by atoms with Crippen LogP contribution in [0.4, 0.5) is 0 Å². The molecule has 162 valence electrons.